The smallest absolute Gasteiger partial charge is 0.320 e. The van der Waals surface area contributed by atoms with Crippen molar-refractivity contribution in [1.29, 1.82) is 0 Å². The fourth-order valence-electron chi connectivity index (χ4n) is 4.37. The molecule has 1 aliphatic carbocycles. The second-order valence-electron chi connectivity index (χ2n) is 8.24. The van der Waals surface area contributed by atoms with E-state index in [1.807, 2.05) is 0 Å². The van der Waals surface area contributed by atoms with Crippen molar-refractivity contribution in [3.8, 4) is 0 Å². The minimum Gasteiger partial charge on any atom is -0.463 e. The van der Waals surface area contributed by atoms with E-state index in [0.717, 1.165) is 32.2 Å². The van der Waals surface area contributed by atoms with Crippen molar-refractivity contribution in [3.63, 3.8) is 0 Å². The summed E-state index contributed by atoms with van der Waals surface area (Å²) < 4.78 is 18.5. The van der Waals surface area contributed by atoms with Crippen LogP contribution in [0.2, 0.25) is 5.02 Å². The SMILES string of the molecule is O=C1CN([C@H]2CC[C@H](Nc3ncc4ncnc(Nc5ccc(F)c(Cl)c5)c4n3)CC2)CCO1. The fourth-order valence-corrected chi connectivity index (χ4v) is 4.55. The molecule has 2 aliphatic rings. The number of benzene rings is 1. The highest BCUT2D eigenvalue weighted by molar-refractivity contribution is 6.31. The van der Waals surface area contributed by atoms with Crippen molar-refractivity contribution in [2.75, 3.05) is 30.3 Å². The lowest BCUT2D eigenvalue weighted by Gasteiger charge is -2.38. The number of cyclic esters (lactones) is 1. The molecule has 11 heteroatoms. The Morgan fingerprint density at radius 3 is 2.79 bits per heavy atom. The maximum atomic E-state index is 13.5. The molecule has 0 amide bonds. The standard InChI is InChI=1S/C22H23ClFN7O2/c23-16-9-14(3-6-17(16)24)28-21-20-18(26-12-27-21)10-25-22(30-20)29-13-1-4-15(5-2-13)31-7-8-33-19(32)11-31/h3,6,9-10,12-13,15H,1-2,4-5,7-8,11H2,(H,25,29,30)(H,26,27,28)/t13-,15-. The van der Waals surface area contributed by atoms with Crippen molar-refractivity contribution in [1.82, 2.24) is 24.8 Å². The van der Waals surface area contributed by atoms with Gasteiger partial charge in [-0.1, -0.05) is 11.6 Å². The summed E-state index contributed by atoms with van der Waals surface area (Å²) in [4.78, 5) is 31.4. The molecule has 5 rings (SSSR count). The first kappa shape index (κ1) is 21.7. The summed E-state index contributed by atoms with van der Waals surface area (Å²) in [5, 5.41) is 6.58. The molecular weight excluding hydrogens is 449 g/mol. The monoisotopic (exact) mass is 471 g/mol. The van der Waals surface area contributed by atoms with Crippen LogP contribution in [0.3, 0.4) is 0 Å². The van der Waals surface area contributed by atoms with Crippen molar-refractivity contribution in [2.45, 2.75) is 37.8 Å². The summed E-state index contributed by atoms with van der Waals surface area (Å²) in [5.74, 6) is 0.357. The number of hydrogen-bond acceptors (Lipinski definition) is 9. The molecule has 0 unspecified atom stereocenters. The molecule has 2 fully saturated rings. The first-order valence-electron chi connectivity index (χ1n) is 10.9. The molecule has 0 radical (unpaired) electrons. The summed E-state index contributed by atoms with van der Waals surface area (Å²) in [6.45, 7) is 1.66. The maximum absolute atomic E-state index is 13.5. The Kier molecular flexibility index (Phi) is 6.19. The molecule has 33 heavy (non-hydrogen) atoms. The molecule has 3 heterocycles. The third-order valence-electron chi connectivity index (χ3n) is 6.08. The number of nitrogens with zero attached hydrogens (tertiary/aromatic N) is 5. The Morgan fingerprint density at radius 1 is 1.15 bits per heavy atom. The molecule has 0 atom stereocenters. The van der Waals surface area contributed by atoms with Gasteiger partial charge in [0.1, 0.15) is 29.8 Å². The fraction of sp³-hybridized carbons (Fsp3) is 0.409. The number of morpholine rings is 1. The minimum absolute atomic E-state index is 0.0207. The van der Waals surface area contributed by atoms with Gasteiger partial charge in [0.05, 0.1) is 17.8 Å². The summed E-state index contributed by atoms with van der Waals surface area (Å²) in [6.07, 6.45) is 6.99. The molecule has 1 aromatic carbocycles. The molecule has 0 bridgehead atoms. The van der Waals surface area contributed by atoms with E-state index in [-0.39, 0.29) is 17.0 Å². The number of halogens is 2. The zero-order valence-electron chi connectivity index (χ0n) is 17.8. The molecule has 1 saturated carbocycles. The highest BCUT2D eigenvalue weighted by atomic mass is 35.5. The third kappa shape index (κ3) is 4.96. The highest BCUT2D eigenvalue weighted by Gasteiger charge is 2.29. The van der Waals surface area contributed by atoms with Crippen LogP contribution in [-0.4, -0.2) is 62.6 Å². The molecule has 172 valence electrons. The molecule has 2 aromatic heterocycles. The van der Waals surface area contributed by atoms with Gasteiger partial charge in [0.2, 0.25) is 5.95 Å². The van der Waals surface area contributed by atoms with Crippen LogP contribution in [0, 0.1) is 5.82 Å². The number of hydrogen-bond donors (Lipinski definition) is 2. The maximum Gasteiger partial charge on any atom is 0.320 e. The van der Waals surface area contributed by atoms with Gasteiger partial charge in [-0.3, -0.25) is 9.69 Å². The number of carbonyl (C=O) groups is 1. The van der Waals surface area contributed by atoms with Gasteiger partial charge in [-0.05, 0) is 43.9 Å². The molecule has 1 aliphatic heterocycles. The van der Waals surface area contributed by atoms with Crippen LogP contribution < -0.4 is 10.6 Å². The molecule has 3 aromatic rings. The molecule has 1 saturated heterocycles. The number of esters is 1. The van der Waals surface area contributed by atoms with Gasteiger partial charge < -0.3 is 15.4 Å². The first-order valence-corrected chi connectivity index (χ1v) is 11.3. The quantitative estimate of drug-likeness (QED) is 0.540. The van der Waals surface area contributed by atoms with Gasteiger partial charge in [0, 0.05) is 24.3 Å². The second-order valence-corrected chi connectivity index (χ2v) is 8.65. The second kappa shape index (κ2) is 9.40. The lowest BCUT2D eigenvalue weighted by atomic mass is 9.90. The average Bonchev–Trinajstić information content (AvgIpc) is 2.82. The van der Waals surface area contributed by atoms with Crippen LogP contribution in [0.5, 0.6) is 0 Å². The van der Waals surface area contributed by atoms with Crippen LogP contribution in [0.4, 0.5) is 21.8 Å². The van der Waals surface area contributed by atoms with Crippen molar-refractivity contribution < 1.29 is 13.9 Å². The van der Waals surface area contributed by atoms with Crippen LogP contribution in [-0.2, 0) is 9.53 Å². The third-order valence-corrected chi connectivity index (χ3v) is 6.37. The number of aromatic nitrogens is 4. The first-order chi connectivity index (χ1) is 16.0. The minimum atomic E-state index is -0.487. The lowest BCUT2D eigenvalue weighted by molar-refractivity contribution is -0.152. The topological polar surface area (TPSA) is 105 Å². The predicted molar refractivity (Wildman–Crippen MR) is 122 cm³/mol. The van der Waals surface area contributed by atoms with E-state index in [2.05, 4.69) is 35.5 Å². The van der Waals surface area contributed by atoms with Gasteiger partial charge in [-0.2, -0.15) is 0 Å². The van der Waals surface area contributed by atoms with Crippen molar-refractivity contribution >= 4 is 46.1 Å². The Hall–Kier alpha value is -3.11. The van der Waals surface area contributed by atoms with E-state index >= 15 is 0 Å². The van der Waals surface area contributed by atoms with Gasteiger partial charge in [0.25, 0.3) is 0 Å². The Morgan fingerprint density at radius 2 is 2.00 bits per heavy atom. The Labute approximate surface area is 194 Å². The molecule has 9 nitrogen and oxygen atoms in total. The zero-order valence-corrected chi connectivity index (χ0v) is 18.6. The summed E-state index contributed by atoms with van der Waals surface area (Å²) in [7, 11) is 0. The normalized spacial score (nSPS) is 21.6. The van der Waals surface area contributed by atoms with Crippen LogP contribution >= 0.6 is 11.6 Å². The van der Waals surface area contributed by atoms with E-state index in [4.69, 9.17) is 16.3 Å². The Balaban J connectivity index is 1.27. The molecule has 2 N–H and O–H groups in total. The Bertz CT molecular complexity index is 1170. The van der Waals surface area contributed by atoms with Gasteiger partial charge in [-0.25, -0.2) is 24.3 Å². The zero-order chi connectivity index (χ0) is 22.8. The average molecular weight is 472 g/mol. The number of nitrogens with one attached hydrogen (secondary N) is 2. The van der Waals surface area contributed by atoms with Crippen LogP contribution in [0.15, 0.2) is 30.7 Å². The van der Waals surface area contributed by atoms with E-state index in [1.54, 1.807) is 12.3 Å². The lowest BCUT2D eigenvalue weighted by Crippen LogP contribution is -2.48. The van der Waals surface area contributed by atoms with E-state index < -0.39 is 5.82 Å². The van der Waals surface area contributed by atoms with E-state index in [0.29, 0.717) is 47.7 Å². The van der Waals surface area contributed by atoms with Crippen molar-refractivity contribution in [2.24, 2.45) is 0 Å². The number of fused-ring (bicyclic) bond motifs is 1. The number of anilines is 3. The van der Waals surface area contributed by atoms with Gasteiger partial charge in [0.15, 0.2) is 5.82 Å². The highest BCUT2D eigenvalue weighted by Crippen LogP contribution is 2.28. The largest absolute Gasteiger partial charge is 0.463 e. The predicted octanol–water partition coefficient (Wildman–Crippen LogP) is 3.54. The van der Waals surface area contributed by atoms with Gasteiger partial charge in [-0.15, -0.1) is 0 Å². The summed E-state index contributed by atoms with van der Waals surface area (Å²) in [6, 6.07) is 5.01. The molecular formula is C22H23ClFN7O2. The van der Waals surface area contributed by atoms with Gasteiger partial charge >= 0.3 is 5.97 Å². The number of carbonyl (C=O) groups excluding carboxylic acids is 1. The van der Waals surface area contributed by atoms with Crippen LogP contribution in [0.1, 0.15) is 25.7 Å². The summed E-state index contributed by atoms with van der Waals surface area (Å²) >= 11 is 5.89. The number of rotatable bonds is 5. The van der Waals surface area contributed by atoms with E-state index in [1.165, 1.54) is 18.5 Å². The molecule has 0 spiro atoms. The van der Waals surface area contributed by atoms with Crippen molar-refractivity contribution in [3.05, 3.63) is 41.6 Å². The van der Waals surface area contributed by atoms with Crippen LogP contribution in [0.25, 0.3) is 11.0 Å². The van der Waals surface area contributed by atoms with E-state index in [9.17, 15) is 9.18 Å². The summed E-state index contributed by atoms with van der Waals surface area (Å²) in [5.41, 5.74) is 1.73. The number of ether oxygens (including phenoxy) is 1.